The zero-order chi connectivity index (χ0) is 20.7. The van der Waals surface area contributed by atoms with Gasteiger partial charge < -0.3 is 9.42 Å². The van der Waals surface area contributed by atoms with Gasteiger partial charge in [0.25, 0.3) is 0 Å². The van der Waals surface area contributed by atoms with E-state index < -0.39 is 0 Å². The minimum absolute atomic E-state index is 0.271. The number of benzene rings is 1. The van der Waals surface area contributed by atoms with Crippen molar-refractivity contribution in [2.45, 2.75) is 39.0 Å². The minimum atomic E-state index is 0.271. The fraction of sp³-hybridized carbons (Fsp3) is 0.409. The molecule has 4 aromatic rings. The van der Waals surface area contributed by atoms with Crippen LogP contribution in [0.4, 0.5) is 5.82 Å². The molecule has 154 valence electrons. The van der Waals surface area contributed by atoms with Crippen molar-refractivity contribution in [3.05, 3.63) is 47.9 Å². The van der Waals surface area contributed by atoms with E-state index in [9.17, 15) is 0 Å². The number of fused-ring (bicyclic) bond motifs is 1. The van der Waals surface area contributed by atoms with Crippen LogP contribution in [0.5, 0.6) is 0 Å². The third kappa shape index (κ3) is 3.32. The van der Waals surface area contributed by atoms with Crippen LogP contribution in [0, 0.1) is 6.92 Å². The van der Waals surface area contributed by atoms with Crippen LogP contribution < -0.4 is 4.90 Å². The average molecular weight is 403 g/mol. The maximum absolute atomic E-state index is 5.65. The van der Waals surface area contributed by atoms with Crippen molar-refractivity contribution in [1.29, 1.82) is 0 Å². The maximum Gasteiger partial charge on any atom is 0.230 e. The van der Waals surface area contributed by atoms with Crippen LogP contribution in [0.3, 0.4) is 0 Å². The van der Waals surface area contributed by atoms with E-state index in [1.165, 1.54) is 0 Å². The van der Waals surface area contributed by atoms with Crippen molar-refractivity contribution in [3.63, 3.8) is 0 Å². The van der Waals surface area contributed by atoms with Gasteiger partial charge in [-0.15, -0.1) is 0 Å². The third-order valence-electron chi connectivity index (χ3n) is 5.96. The van der Waals surface area contributed by atoms with Crippen molar-refractivity contribution in [2.75, 3.05) is 18.0 Å². The summed E-state index contributed by atoms with van der Waals surface area (Å²) in [6.45, 7) is 5.92. The number of hydrogen-bond acceptors (Lipinski definition) is 7. The van der Waals surface area contributed by atoms with Crippen LogP contribution in [0.2, 0.25) is 0 Å². The highest BCUT2D eigenvalue weighted by molar-refractivity contribution is 5.85. The molecule has 1 aromatic carbocycles. The molecule has 1 fully saturated rings. The first-order valence-electron chi connectivity index (χ1n) is 10.5. The lowest BCUT2D eigenvalue weighted by Gasteiger charge is -2.31. The van der Waals surface area contributed by atoms with Crippen molar-refractivity contribution >= 4 is 16.7 Å². The summed E-state index contributed by atoms with van der Waals surface area (Å²) in [5.41, 5.74) is 4.06. The third-order valence-corrected chi connectivity index (χ3v) is 5.96. The molecule has 1 saturated heterocycles. The van der Waals surface area contributed by atoms with Gasteiger partial charge in [-0.2, -0.15) is 10.1 Å². The van der Waals surface area contributed by atoms with Crippen molar-refractivity contribution in [2.24, 2.45) is 7.05 Å². The molecule has 0 bridgehead atoms. The Hall–Kier alpha value is -3.29. The first-order chi connectivity index (χ1) is 14.6. The fourth-order valence-corrected chi connectivity index (χ4v) is 4.14. The Morgan fingerprint density at radius 2 is 1.97 bits per heavy atom. The Morgan fingerprint density at radius 3 is 2.70 bits per heavy atom. The van der Waals surface area contributed by atoms with Gasteiger partial charge in [0.05, 0.1) is 29.3 Å². The van der Waals surface area contributed by atoms with Gasteiger partial charge in [0, 0.05) is 37.0 Å². The highest BCUT2D eigenvalue weighted by atomic mass is 16.5. The Labute approximate surface area is 174 Å². The number of rotatable bonds is 4. The van der Waals surface area contributed by atoms with Crippen molar-refractivity contribution in [3.8, 4) is 11.4 Å². The molecule has 1 aliphatic rings. The van der Waals surface area contributed by atoms with E-state index in [4.69, 9.17) is 9.51 Å². The summed E-state index contributed by atoms with van der Waals surface area (Å²) in [6.07, 6.45) is 6.56. The lowest BCUT2D eigenvalue weighted by atomic mass is 9.97. The van der Waals surface area contributed by atoms with Crippen LogP contribution >= 0.6 is 0 Å². The zero-order valence-corrected chi connectivity index (χ0v) is 17.5. The molecular weight excluding hydrogens is 378 g/mol. The Kier molecular flexibility index (Phi) is 4.69. The van der Waals surface area contributed by atoms with Crippen LogP contribution in [0.1, 0.15) is 43.0 Å². The predicted molar refractivity (Wildman–Crippen MR) is 114 cm³/mol. The molecule has 8 nitrogen and oxygen atoms in total. The smallest absolute Gasteiger partial charge is 0.230 e. The molecular formula is C22H25N7O. The maximum atomic E-state index is 5.65. The summed E-state index contributed by atoms with van der Waals surface area (Å²) in [5, 5.41) is 9.88. The van der Waals surface area contributed by atoms with Crippen LogP contribution in [0.25, 0.3) is 22.3 Å². The van der Waals surface area contributed by atoms with Gasteiger partial charge in [-0.1, -0.05) is 24.2 Å². The molecule has 0 amide bonds. The number of hydrogen-bond donors (Lipinski definition) is 0. The molecule has 0 atom stereocenters. The second kappa shape index (κ2) is 7.51. The molecule has 0 N–H and O–H groups in total. The largest absolute Gasteiger partial charge is 0.355 e. The summed E-state index contributed by atoms with van der Waals surface area (Å²) in [5.74, 6) is 2.57. The number of aromatic nitrogens is 6. The molecule has 0 spiro atoms. The van der Waals surface area contributed by atoms with Gasteiger partial charge in [-0.25, -0.2) is 4.98 Å². The monoisotopic (exact) mass is 403 g/mol. The Bertz CT molecular complexity index is 1170. The SMILES string of the molecule is CCc1cnc(N2CCC(c3nc(-c4ccc5c(C)nn(C)c5c4)no3)CC2)cn1. The van der Waals surface area contributed by atoms with Gasteiger partial charge in [-0.3, -0.25) is 9.67 Å². The highest BCUT2D eigenvalue weighted by Gasteiger charge is 2.26. The average Bonchev–Trinajstić information content (AvgIpc) is 3.39. The lowest BCUT2D eigenvalue weighted by molar-refractivity contribution is 0.329. The minimum Gasteiger partial charge on any atom is -0.355 e. The fourth-order valence-electron chi connectivity index (χ4n) is 4.14. The number of nitrogens with zero attached hydrogens (tertiary/aromatic N) is 7. The van der Waals surface area contributed by atoms with Crippen LogP contribution in [0.15, 0.2) is 35.1 Å². The first-order valence-corrected chi connectivity index (χ1v) is 10.5. The molecule has 30 heavy (non-hydrogen) atoms. The van der Waals surface area contributed by atoms with Gasteiger partial charge in [0.1, 0.15) is 5.82 Å². The second-order valence-electron chi connectivity index (χ2n) is 7.88. The molecule has 5 rings (SSSR count). The molecule has 3 aromatic heterocycles. The van der Waals surface area contributed by atoms with E-state index in [-0.39, 0.29) is 5.92 Å². The molecule has 0 saturated carbocycles. The van der Waals surface area contributed by atoms with E-state index in [1.807, 2.05) is 37.1 Å². The first kappa shape index (κ1) is 18.7. The van der Waals surface area contributed by atoms with E-state index in [0.717, 1.165) is 71.9 Å². The normalized spacial score (nSPS) is 15.2. The molecule has 0 radical (unpaired) electrons. The van der Waals surface area contributed by atoms with Gasteiger partial charge >= 0.3 is 0 Å². The molecule has 4 heterocycles. The zero-order valence-electron chi connectivity index (χ0n) is 17.5. The quantitative estimate of drug-likeness (QED) is 0.514. The van der Waals surface area contributed by atoms with Crippen molar-refractivity contribution < 1.29 is 4.52 Å². The Morgan fingerprint density at radius 1 is 1.13 bits per heavy atom. The standard InChI is InChI=1S/C22H25N7O/c1-4-17-12-24-20(13-23-17)29-9-7-15(8-10-29)22-25-21(27-30-22)16-5-6-18-14(2)26-28(3)19(18)11-16/h5-6,11-13,15H,4,7-10H2,1-3H3. The molecule has 0 unspecified atom stereocenters. The summed E-state index contributed by atoms with van der Waals surface area (Å²) in [4.78, 5) is 16.0. The summed E-state index contributed by atoms with van der Waals surface area (Å²) < 4.78 is 7.54. The van der Waals surface area contributed by atoms with E-state index in [2.05, 4.69) is 44.2 Å². The van der Waals surface area contributed by atoms with E-state index in [1.54, 1.807) is 0 Å². The van der Waals surface area contributed by atoms with Gasteiger partial charge in [0.15, 0.2) is 0 Å². The number of aryl methyl sites for hydroxylation is 3. The summed E-state index contributed by atoms with van der Waals surface area (Å²) in [7, 11) is 1.95. The van der Waals surface area contributed by atoms with E-state index in [0.29, 0.717) is 5.82 Å². The number of anilines is 1. The second-order valence-corrected chi connectivity index (χ2v) is 7.88. The predicted octanol–water partition coefficient (Wildman–Crippen LogP) is 3.67. The summed E-state index contributed by atoms with van der Waals surface area (Å²) in [6, 6.07) is 6.18. The topological polar surface area (TPSA) is 85.8 Å². The Balaban J connectivity index is 1.30. The van der Waals surface area contributed by atoms with E-state index >= 15 is 0 Å². The molecule has 8 heteroatoms. The van der Waals surface area contributed by atoms with Crippen LogP contribution in [-0.4, -0.2) is 43.0 Å². The number of piperidine rings is 1. The van der Waals surface area contributed by atoms with Crippen molar-refractivity contribution in [1.82, 2.24) is 29.9 Å². The molecule has 0 aliphatic carbocycles. The lowest BCUT2D eigenvalue weighted by Crippen LogP contribution is -2.33. The molecule has 1 aliphatic heterocycles. The highest BCUT2D eigenvalue weighted by Crippen LogP contribution is 2.31. The summed E-state index contributed by atoms with van der Waals surface area (Å²) >= 11 is 0. The van der Waals surface area contributed by atoms with Gasteiger partial charge in [0.2, 0.25) is 11.7 Å². The van der Waals surface area contributed by atoms with Gasteiger partial charge in [-0.05, 0) is 32.3 Å². The van der Waals surface area contributed by atoms with Crippen LogP contribution in [-0.2, 0) is 13.5 Å².